The highest BCUT2D eigenvalue weighted by Crippen LogP contribution is 2.12. The number of nitrogens with zero attached hydrogens (tertiary/aromatic N) is 2. The molecule has 1 fully saturated rings. The minimum atomic E-state index is -0.748. The van der Waals surface area contributed by atoms with Gasteiger partial charge in [-0.25, -0.2) is 4.79 Å². The maximum Gasteiger partial charge on any atom is 0.336 e. The third-order valence-electron chi connectivity index (χ3n) is 4.62. The van der Waals surface area contributed by atoms with E-state index in [9.17, 15) is 28.8 Å². The predicted octanol–water partition coefficient (Wildman–Crippen LogP) is 0.502. The average Bonchev–Trinajstić information content (AvgIpc) is 3.30. The number of amides is 5. The molecule has 12 nitrogen and oxygen atoms in total. The van der Waals surface area contributed by atoms with Crippen molar-refractivity contribution in [3.05, 3.63) is 36.3 Å². The summed E-state index contributed by atoms with van der Waals surface area (Å²) in [6.45, 7) is 2.33. The van der Waals surface area contributed by atoms with Crippen molar-refractivity contribution in [1.82, 2.24) is 15.3 Å². The van der Waals surface area contributed by atoms with Crippen LogP contribution in [0.1, 0.15) is 40.5 Å². The summed E-state index contributed by atoms with van der Waals surface area (Å²) in [5.41, 5.74) is 0. The van der Waals surface area contributed by atoms with E-state index in [4.69, 9.17) is 14.3 Å². The Morgan fingerprint density at radius 1 is 1.09 bits per heavy atom. The van der Waals surface area contributed by atoms with Crippen LogP contribution in [0, 0.1) is 0 Å². The average molecular weight is 479 g/mol. The lowest BCUT2D eigenvalue weighted by molar-refractivity contribution is -0.197. The second-order valence-corrected chi connectivity index (χ2v) is 7.09. The molecule has 0 aromatic carbocycles. The molecule has 1 saturated heterocycles. The maximum atomic E-state index is 11.9. The largest absolute Gasteiger partial charge is 0.501 e. The van der Waals surface area contributed by atoms with Gasteiger partial charge in [-0.05, 0) is 12.2 Å². The zero-order chi connectivity index (χ0) is 24.9. The van der Waals surface area contributed by atoms with Crippen molar-refractivity contribution in [2.75, 3.05) is 26.3 Å². The minimum Gasteiger partial charge on any atom is -0.501 e. The summed E-state index contributed by atoms with van der Waals surface area (Å²) in [5, 5.41) is 3.15. The van der Waals surface area contributed by atoms with Gasteiger partial charge in [0, 0.05) is 52.4 Å². The monoisotopic (exact) mass is 479 g/mol. The van der Waals surface area contributed by atoms with Crippen molar-refractivity contribution in [3.63, 3.8) is 0 Å². The number of hydrogen-bond donors (Lipinski definition) is 1. The van der Waals surface area contributed by atoms with Crippen LogP contribution < -0.4 is 5.32 Å². The summed E-state index contributed by atoms with van der Waals surface area (Å²) < 4.78 is 10.7. The first-order chi connectivity index (χ1) is 16.3. The van der Waals surface area contributed by atoms with Gasteiger partial charge in [-0.3, -0.25) is 28.9 Å². The molecule has 0 atom stereocenters. The Bertz CT molecular complexity index is 880. The summed E-state index contributed by atoms with van der Waals surface area (Å²) >= 11 is 0. The molecule has 2 heterocycles. The fourth-order valence-electron chi connectivity index (χ4n) is 2.82. The number of carbonyl (C=O) groups is 6. The minimum absolute atomic E-state index is 0. The summed E-state index contributed by atoms with van der Waals surface area (Å²) in [5.74, 6) is -2.34. The van der Waals surface area contributed by atoms with Gasteiger partial charge in [0.15, 0.2) is 0 Å². The number of carbonyl (C=O) groups excluding carboxylic acids is 6. The second kappa shape index (κ2) is 13.6. The molecule has 1 N–H and O–H groups in total. The molecule has 0 bridgehead atoms. The lowest BCUT2D eigenvalue weighted by Crippen LogP contribution is -2.34. The van der Waals surface area contributed by atoms with E-state index < -0.39 is 29.6 Å². The molecule has 0 radical (unpaired) electrons. The Hall–Kier alpha value is -3.96. The van der Waals surface area contributed by atoms with Gasteiger partial charge < -0.3 is 19.6 Å². The molecule has 2 aliphatic rings. The highest BCUT2D eigenvalue weighted by molar-refractivity contribution is 6.13. The number of hydroxylamine groups is 2. The highest BCUT2D eigenvalue weighted by Gasteiger charge is 2.32. The van der Waals surface area contributed by atoms with Crippen molar-refractivity contribution in [1.29, 1.82) is 0 Å². The lowest BCUT2D eigenvalue weighted by Gasteiger charge is -2.13. The van der Waals surface area contributed by atoms with Crippen molar-refractivity contribution < 1.29 is 44.5 Å². The van der Waals surface area contributed by atoms with Crippen molar-refractivity contribution in [2.45, 2.75) is 39.0 Å². The molecule has 0 spiro atoms. The molecular formula is C22H29N3O9. The summed E-state index contributed by atoms with van der Waals surface area (Å²) in [7, 11) is 0. The first-order valence-corrected chi connectivity index (χ1v) is 10.8. The summed E-state index contributed by atoms with van der Waals surface area (Å²) in [4.78, 5) is 74.8. The molecule has 0 saturated carbocycles. The van der Waals surface area contributed by atoms with Crippen LogP contribution in [0.5, 0.6) is 0 Å². The number of nitrogens with one attached hydrogen (secondary N) is 1. The predicted molar refractivity (Wildman–Crippen MR) is 117 cm³/mol. The molecule has 0 aromatic heterocycles. The third-order valence-corrected chi connectivity index (χ3v) is 4.62. The van der Waals surface area contributed by atoms with E-state index >= 15 is 0 Å². The van der Waals surface area contributed by atoms with Gasteiger partial charge in [-0.2, -0.15) is 0 Å². The zero-order valence-corrected chi connectivity index (χ0v) is 18.8. The van der Waals surface area contributed by atoms with Crippen LogP contribution in [0.4, 0.5) is 0 Å². The summed E-state index contributed by atoms with van der Waals surface area (Å²) in [6, 6.07) is 0. The third kappa shape index (κ3) is 8.52. The van der Waals surface area contributed by atoms with Crippen LogP contribution >= 0.6 is 0 Å². The van der Waals surface area contributed by atoms with Gasteiger partial charge >= 0.3 is 5.97 Å². The Morgan fingerprint density at radius 2 is 1.76 bits per heavy atom. The molecule has 2 rings (SSSR count). The van der Waals surface area contributed by atoms with Gasteiger partial charge in [0.1, 0.15) is 6.61 Å². The Kier molecular flexibility index (Phi) is 10.5. The maximum absolute atomic E-state index is 11.9. The van der Waals surface area contributed by atoms with Gasteiger partial charge in [0.05, 0.1) is 25.0 Å². The lowest BCUT2D eigenvalue weighted by atomic mass is 10.3. The number of imide groups is 2. The van der Waals surface area contributed by atoms with Gasteiger partial charge in [-0.15, -0.1) is 5.06 Å². The van der Waals surface area contributed by atoms with Crippen LogP contribution in [0.25, 0.3) is 0 Å². The van der Waals surface area contributed by atoms with Crippen molar-refractivity contribution in [3.8, 4) is 0 Å². The molecule has 12 heteroatoms. The Morgan fingerprint density at radius 3 is 2.41 bits per heavy atom. The van der Waals surface area contributed by atoms with E-state index in [1.165, 1.54) is 18.4 Å². The summed E-state index contributed by atoms with van der Waals surface area (Å²) in [6.07, 6.45) is 7.51. The van der Waals surface area contributed by atoms with Crippen LogP contribution in [-0.4, -0.2) is 71.8 Å². The van der Waals surface area contributed by atoms with Crippen LogP contribution in [0.15, 0.2) is 36.3 Å². The molecule has 0 aromatic rings. The molecule has 2 aliphatic heterocycles. The SMILES string of the molecule is CC/C(=C/CNC(=O)CCN1C(=O)C=CC1=O)OC/C=C/OCCC(=O)ON1C(=O)CCC1=O.[HH]. The van der Waals surface area contributed by atoms with E-state index in [2.05, 4.69) is 5.32 Å². The quantitative estimate of drug-likeness (QED) is 0.213. The molecular weight excluding hydrogens is 450 g/mol. The van der Waals surface area contributed by atoms with E-state index in [-0.39, 0.29) is 59.3 Å². The van der Waals surface area contributed by atoms with E-state index in [0.29, 0.717) is 17.2 Å². The fraction of sp³-hybridized carbons (Fsp3) is 0.455. The van der Waals surface area contributed by atoms with Crippen molar-refractivity contribution >= 4 is 35.5 Å². The molecule has 0 unspecified atom stereocenters. The topological polar surface area (TPSA) is 149 Å². The number of ether oxygens (including phenoxy) is 2. The molecule has 34 heavy (non-hydrogen) atoms. The molecule has 0 aliphatic carbocycles. The number of allylic oxidation sites excluding steroid dienone is 1. The first kappa shape index (κ1) is 26.3. The standard InChI is InChI=1S/C22H27N3O9.H2/c1-2-16(8-11-23-17(26)9-12-24-18(27)4-5-19(24)28)33-14-3-13-32-15-10-22(31)34-25-20(29)6-7-21(25)30;/h3-5,8,13H,2,6-7,9-12,14-15H2,1H3,(H,23,26);1H/b13-3+,16-8-;. The van der Waals surface area contributed by atoms with Gasteiger partial charge in [-0.1, -0.05) is 6.92 Å². The fourth-order valence-corrected chi connectivity index (χ4v) is 2.82. The van der Waals surface area contributed by atoms with Crippen LogP contribution in [-0.2, 0) is 43.1 Å². The number of rotatable bonds is 14. The Labute approximate surface area is 197 Å². The number of hydrogen-bond acceptors (Lipinski definition) is 9. The van der Waals surface area contributed by atoms with Gasteiger partial charge in [0.2, 0.25) is 5.91 Å². The Balaban J connectivity index is 0.00000612. The first-order valence-electron chi connectivity index (χ1n) is 10.8. The second-order valence-electron chi connectivity index (χ2n) is 7.09. The van der Waals surface area contributed by atoms with E-state index in [1.807, 2.05) is 6.92 Å². The van der Waals surface area contributed by atoms with E-state index in [1.54, 1.807) is 12.2 Å². The highest BCUT2D eigenvalue weighted by atomic mass is 16.7. The zero-order valence-electron chi connectivity index (χ0n) is 18.8. The van der Waals surface area contributed by atoms with Crippen molar-refractivity contribution in [2.24, 2.45) is 0 Å². The van der Waals surface area contributed by atoms with Crippen LogP contribution in [0.2, 0.25) is 0 Å². The normalized spacial score (nSPS) is 16.1. The smallest absolute Gasteiger partial charge is 0.336 e. The van der Waals surface area contributed by atoms with Crippen LogP contribution in [0.3, 0.4) is 0 Å². The van der Waals surface area contributed by atoms with E-state index in [0.717, 1.165) is 4.90 Å². The van der Waals surface area contributed by atoms with Gasteiger partial charge in [0.25, 0.3) is 23.6 Å². The molecule has 186 valence electrons. The molecule has 5 amide bonds.